The van der Waals surface area contributed by atoms with E-state index in [2.05, 4.69) is 53.5 Å². The largest absolute Gasteiger partial charge is 0.432 e. The van der Waals surface area contributed by atoms with E-state index >= 15 is 0 Å². The van der Waals surface area contributed by atoms with E-state index in [4.69, 9.17) is 31.4 Å². The van der Waals surface area contributed by atoms with Crippen LogP contribution < -0.4 is 4.90 Å². The second kappa shape index (κ2) is 9.64. The van der Waals surface area contributed by atoms with E-state index in [9.17, 15) is 0 Å². The molecule has 1 aliphatic rings. The Balaban J connectivity index is 1.31. The van der Waals surface area contributed by atoms with Crippen LogP contribution in [0.5, 0.6) is 0 Å². The maximum Gasteiger partial charge on any atom is 0.319 e. The third-order valence-electron chi connectivity index (χ3n) is 7.72. The maximum atomic E-state index is 6.32. The van der Waals surface area contributed by atoms with Gasteiger partial charge in [0.05, 0.1) is 22.1 Å². The van der Waals surface area contributed by atoms with Gasteiger partial charge < -0.3 is 8.83 Å². The molecular weight excluding hydrogens is 528 g/mol. The van der Waals surface area contributed by atoms with Crippen molar-refractivity contribution in [3.8, 4) is 11.3 Å². The van der Waals surface area contributed by atoms with E-state index in [1.54, 1.807) is 6.26 Å². The zero-order valence-corrected chi connectivity index (χ0v) is 22.8. The molecule has 5 heterocycles. The van der Waals surface area contributed by atoms with Gasteiger partial charge >= 0.3 is 11.8 Å². The number of thiol groups is 1. The summed E-state index contributed by atoms with van der Waals surface area (Å²) in [6.45, 7) is 0. The van der Waals surface area contributed by atoms with Crippen molar-refractivity contribution in [1.29, 1.82) is 0 Å². The minimum absolute atomic E-state index is 0.206. The highest BCUT2D eigenvalue weighted by molar-refractivity contribution is 7.80. The highest BCUT2D eigenvalue weighted by Gasteiger charge is 2.30. The number of aryl methyl sites for hydroxylation is 2. The Morgan fingerprint density at radius 3 is 2.51 bits per heavy atom. The molecular formula is C34H24N4O2S. The van der Waals surface area contributed by atoms with Crippen LogP contribution in [0.2, 0.25) is 0 Å². The van der Waals surface area contributed by atoms with Crippen LogP contribution in [-0.2, 0) is 12.8 Å². The molecule has 8 rings (SSSR count). The number of para-hydroxylation sites is 2. The summed E-state index contributed by atoms with van der Waals surface area (Å²) in [4.78, 5) is 16.9. The van der Waals surface area contributed by atoms with Gasteiger partial charge in [-0.1, -0.05) is 78.9 Å². The van der Waals surface area contributed by atoms with Gasteiger partial charge in [-0.05, 0) is 47.7 Å². The first-order chi connectivity index (χ1) is 20.2. The molecule has 4 aromatic heterocycles. The van der Waals surface area contributed by atoms with Gasteiger partial charge in [0.15, 0.2) is 5.52 Å². The number of oxazole rings is 1. The Bertz CT molecular complexity index is 2040. The first-order valence-electron chi connectivity index (χ1n) is 13.6. The Morgan fingerprint density at radius 2 is 1.59 bits per heavy atom. The number of rotatable bonds is 4. The number of anilines is 3. The standard InChI is InChI=1S/C34H24N4O2S/c41-31(23-9-2-1-3-10-23)26-20-39-33-30(26)37-34(40-33)38-28-14-5-4-8-21(28)15-16-24-17-18-27(36-32(24)38)25-13-6-11-22-12-7-19-35-29(22)25/h1-14,17-20,31,41H,15-16H2. The average Bonchev–Trinajstić information content (AvgIpc) is 3.57. The van der Waals surface area contributed by atoms with Crippen molar-refractivity contribution in [3.63, 3.8) is 0 Å². The highest BCUT2D eigenvalue weighted by Crippen LogP contribution is 2.44. The maximum absolute atomic E-state index is 6.32. The molecule has 198 valence electrons. The van der Waals surface area contributed by atoms with Crippen molar-refractivity contribution in [2.24, 2.45) is 0 Å². The third kappa shape index (κ3) is 4.00. The number of furan rings is 1. The van der Waals surface area contributed by atoms with Gasteiger partial charge in [0, 0.05) is 22.7 Å². The first kappa shape index (κ1) is 24.0. The number of pyridine rings is 2. The van der Waals surface area contributed by atoms with Crippen LogP contribution in [0, 0.1) is 0 Å². The lowest BCUT2D eigenvalue weighted by atomic mass is 10.0. The van der Waals surface area contributed by atoms with Crippen LogP contribution in [-0.4, -0.2) is 15.0 Å². The normalized spacial score (nSPS) is 13.6. The highest BCUT2D eigenvalue weighted by atomic mass is 32.1. The van der Waals surface area contributed by atoms with Gasteiger partial charge in [0.2, 0.25) is 0 Å². The van der Waals surface area contributed by atoms with Crippen LogP contribution >= 0.6 is 12.6 Å². The molecule has 1 aliphatic heterocycles. The summed E-state index contributed by atoms with van der Waals surface area (Å²) in [6.07, 6.45) is 5.23. The molecule has 41 heavy (non-hydrogen) atoms. The fourth-order valence-corrected chi connectivity index (χ4v) is 6.03. The quantitative estimate of drug-likeness (QED) is 0.221. The third-order valence-corrected chi connectivity index (χ3v) is 8.30. The van der Waals surface area contributed by atoms with Gasteiger partial charge in [-0.2, -0.15) is 17.6 Å². The molecule has 0 spiro atoms. The van der Waals surface area contributed by atoms with Crippen molar-refractivity contribution in [3.05, 3.63) is 132 Å². The molecule has 0 saturated heterocycles. The second-order valence-electron chi connectivity index (χ2n) is 10.2. The van der Waals surface area contributed by atoms with Crippen LogP contribution in [0.25, 0.3) is 33.5 Å². The number of hydrogen-bond donors (Lipinski definition) is 1. The molecule has 3 aromatic carbocycles. The molecule has 0 saturated carbocycles. The van der Waals surface area contributed by atoms with Gasteiger partial charge in [-0.15, -0.1) is 0 Å². The molecule has 0 radical (unpaired) electrons. The van der Waals surface area contributed by atoms with Gasteiger partial charge in [0.1, 0.15) is 12.1 Å². The molecule has 0 aliphatic carbocycles. The smallest absolute Gasteiger partial charge is 0.319 e. The molecule has 1 unspecified atom stereocenters. The Hall–Kier alpha value is -4.88. The van der Waals surface area contributed by atoms with Crippen LogP contribution in [0.1, 0.15) is 27.5 Å². The number of fused-ring (bicyclic) bond motifs is 4. The number of hydrogen-bond acceptors (Lipinski definition) is 7. The Kier molecular flexibility index (Phi) is 5.63. The zero-order chi connectivity index (χ0) is 27.3. The Morgan fingerprint density at radius 1 is 0.756 bits per heavy atom. The van der Waals surface area contributed by atoms with E-state index in [1.165, 1.54) is 5.56 Å². The van der Waals surface area contributed by atoms with Crippen LogP contribution in [0.3, 0.4) is 0 Å². The summed E-state index contributed by atoms with van der Waals surface area (Å²) < 4.78 is 12.2. The predicted molar refractivity (Wildman–Crippen MR) is 164 cm³/mol. The monoisotopic (exact) mass is 552 g/mol. The SMILES string of the molecule is SC(c1ccccc1)c1coc2oc(N3c4ccccc4CCc4ccc(-c5cccc6cccnc56)nc43)nc12. The van der Waals surface area contributed by atoms with Gasteiger partial charge in [-0.3, -0.25) is 4.98 Å². The molecule has 0 bridgehead atoms. The summed E-state index contributed by atoms with van der Waals surface area (Å²) in [5, 5.41) is 0.868. The predicted octanol–water partition coefficient (Wildman–Crippen LogP) is 8.62. The van der Waals surface area contributed by atoms with Crippen molar-refractivity contribution in [2.45, 2.75) is 18.1 Å². The molecule has 7 aromatic rings. The lowest BCUT2D eigenvalue weighted by Gasteiger charge is -2.22. The zero-order valence-electron chi connectivity index (χ0n) is 21.9. The van der Waals surface area contributed by atoms with Crippen molar-refractivity contribution >= 4 is 52.3 Å². The van der Waals surface area contributed by atoms with E-state index < -0.39 is 0 Å². The summed E-state index contributed by atoms with van der Waals surface area (Å²) in [7, 11) is 0. The summed E-state index contributed by atoms with van der Waals surface area (Å²) in [5.41, 5.74) is 8.61. The summed E-state index contributed by atoms with van der Waals surface area (Å²) in [6, 6.07) is 33.3. The summed E-state index contributed by atoms with van der Waals surface area (Å²) >= 11 is 4.90. The lowest BCUT2D eigenvalue weighted by Crippen LogP contribution is -2.14. The molecule has 0 amide bonds. The van der Waals surface area contributed by atoms with E-state index in [1.807, 2.05) is 59.6 Å². The topological polar surface area (TPSA) is 68.2 Å². The molecule has 0 N–H and O–H groups in total. The minimum Gasteiger partial charge on any atom is -0.432 e. The van der Waals surface area contributed by atoms with Crippen LogP contribution in [0.4, 0.5) is 17.5 Å². The lowest BCUT2D eigenvalue weighted by molar-refractivity contribution is 0.477. The van der Waals surface area contributed by atoms with Crippen LogP contribution in [0.15, 0.2) is 118 Å². The molecule has 7 heteroatoms. The van der Waals surface area contributed by atoms with E-state index in [-0.39, 0.29) is 5.25 Å². The van der Waals surface area contributed by atoms with Gasteiger partial charge in [-0.25, -0.2) is 9.88 Å². The van der Waals surface area contributed by atoms with Crippen molar-refractivity contribution < 1.29 is 8.83 Å². The van der Waals surface area contributed by atoms with Crippen molar-refractivity contribution in [1.82, 2.24) is 15.0 Å². The minimum atomic E-state index is -0.206. The molecule has 0 fully saturated rings. The Labute approximate surface area is 241 Å². The number of aromatic nitrogens is 3. The number of benzene rings is 3. The molecule has 6 nitrogen and oxygen atoms in total. The van der Waals surface area contributed by atoms with E-state index in [0.717, 1.165) is 63.2 Å². The van der Waals surface area contributed by atoms with E-state index in [0.29, 0.717) is 17.3 Å². The summed E-state index contributed by atoms with van der Waals surface area (Å²) in [5.74, 6) is 1.15. The fraction of sp³-hybridized carbons (Fsp3) is 0.0882. The second-order valence-corrected chi connectivity index (χ2v) is 10.7. The fourth-order valence-electron chi connectivity index (χ4n) is 5.68. The first-order valence-corrected chi connectivity index (χ1v) is 14.1. The molecule has 1 atom stereocenters. The number of nitrogens with zero attached hydrogens (tertiary/aromatic N) is 4. The van der Waals surface area contributed by atoms with Crippen molar-refractivity contribution in [2.75, 3.05) is 4.90 Å². The van der Waals surface area contributed by atoms with Gasteiger partial charge in [0.25, 0.3) is 0 Å². The average molecular weight is 553 g/mol.